The van der Waals surface area contributed by atoms with Crippen molar-refractivity contribution in [2.24, 2.45) is 0 Å². The first-order chi connectivity index (χ1) is 14.1. The van der Waals surface area contributed by atoms with Crippen LogP contribution in [0.2, 0.25) is 5.02 Å². The van der Waals surface area contributed by atoms with Gasteiger partial charge in [-0.3, -0.25) is 9.69 Å². The summed E-state index contributed by atoms with van der Waals surface area (Å²) < 4.78 is 10.8. The van der Waals surface area contributed by atoms with Gasteiger partial charge in [0.15, 0.2) is 6.61 Å². The molecule has 0 unspecified atom stereocenters. The van der Waals surface area contributed by atoms with E-state index in [0.717, 1.165) is 30.0 Å². The van der Waals surface area contributed by atoms with Crippen LogP contribution in [-0.4, -0.2) is 48.5 Å². The van der Waals surface area contributed by atoms with E-state index in [1.54, 1.807) is 24.3 Å². The van der Waals surface area contributed by atoms with Crippen LogP contribution < -0.4 is 10.4 Å². The molecule has 0 aliphatic carbocycles. The largest absolute Gasteiger partial charge is 0.484 e. The van der Waals surface area contributed by atoms with Crippen molar-refractivity contribution in [1.82, 2.24) is 9.80 Å². The summed E-state index contributed by atoms with van der Waals surface area (Å²) in [4.78, 5) is 28.0. The molecule has 0 atom stereocenters. The number of fused-ring (bicyclic) bond motifs is 1. The summed E-state index contributed by atoms with van der Waals surface area (Å²) in [6.07, 6.45) is 0. The predicted octanol–water partition coefficient (Wildman–Crippen LogP) is 3.17. The lowest BCUT2D eigenvalue weighted by Gasteiger charge is -2.34. The number of amides is 1. The average molecular weight is 413 g/mol. The van der Waals surface area contributed by atoms with Crippen molar-refractivity contribution >= 4 is 28.5 Å². The van der Waals surface area contributed by atoms with Crippen LogP contribution in [0.5, 0.6) is 5.75 Å². The Morgan fingerprint density at radius 1 is 1.03 bits per heavy atom. The van der Waals surface area contributed by atoms with Gasteiger partial charge in [0.1, 0.15) is 11.3 Å². The Hall–Kier alpha value is -2.83. The van der Waals surface area contributed by atoms with Crippen LogP contribution in [-0.2, 0) is 11.3 Å². The zero-order valence-corrected chi connectivity index (χ0v) is 16.6. The molecule has 0 saturated carbocycles. The Bertz CT molecular complexity index is 1070. The van der Waals surface area contributed by atoms with Crippen LogP contribution in [0.4, 0.5) is 0 Å². The monoisotopic (exact) mass is 412 g/mol. The number of carbonyl (C=O) groups excluding carboxylic acids is 1. The smallest absolute Gasteiger partial charge is 0.336 e. The van der Waals surface area contributed by atoms with Gasteiger partial charge in [0.2, 0.25) is 0 Å². The molecular weight excluding hydrogens is 392 g/mol. The van der Waals surface area contributed by atoms with Gasteiger partial charge in [-0.05, 0) is 35.9 Å². The fourth-order valence-corrected chi connectivity index (χ4v) is 3.63. The first-order valence-corrected chi connectivity index (χ1v) is 9.86. The van der Waals surface area contributed by atoms with E-state index in [9.17, 15) is 9.59 Å². The van der Waals surface area contributed by atoms with Gasteiger partial charge in [-0.15, -0.1) is 0 Å². The number of benzene rings is 2. The van der Waals surface area contributed by atoms with Crippen molar-refractivity contribution in [3.63, 3.8) is 0 Å². The summed E-state index contributed by atoms with van der Waals surface area (Å²) in [7, 11) is 0. The molecule has 1 fully saturated rings. The third-order valence-electron chi connectivity index (χ3n) is 4.98. The van der Waals surface area contributed by atoms with Crippen molar-refractivity contribution < 1.29 is 13.9 Å². The summed E-state index contributed by atoms with van der Waals surface area (Å²) >= 11 is 6.05. The normalized spacial score (nSPS) is 14.9. The van der Waals surface area contributed by atoms with Crippen LogP contribution in [0, 0.1) is 0 Å². The fourth-order valence-electron chi connectivity index (χ4n) is 3.42. The number of carbonyl (C=O) groups is 1. The Kier molecular flexibility index (Phi) is 5.83. The maximum absolute atomic E-state index is 12.5. The van der Waals surface area contributed by atoms with Gasteiger partial charge in [-0.2, -0.15) is 0 Å². The van der Waals surface area contributed by atoms with Gasteiger partial charge in [0.25, 0.3) is 5.91 Å². The van der Waals surface area contributed by atoms with Crippen molar-refractivity contribution in [2.75, 3.05) is 32.8 Å². The summed E-state index contributed by atoms with van der Waals surface area (Å²) in [6, 6.07) is 16.1. The molecule has 150 valence electrons. The minimum atomic E-state index is -0.415. The third kappa shape index (κ3) is 4.96. The van der Waals surface area contributed by atoms with E-state index in [4.69, 9.17) is 20.8 Å². The molecule has 1 aliphatic heterocycles. The molecule has 7 heteroatoms. The second-order valence-corrected chi connectivity index (χ2v) is 7.47. The van der Waals surface area contributed by atoms with Crippen LogP contribution >= 0.6 is 11.6 Å². The van der Waals surface area contributed by atoms with Gasteiger partial charge in [0, 0.05) is 55.3 Å². The SMILES string of the molecule is O=C(COc1ccc2ccc(=O)oc2c1)N1CCN(Cc2cccc(Cl)c2)CC1. The molecule has 3 aromatic rings. The average Bonchev–Trinajstić information content (AvgIpc) is 2.72. The highest BCUT2D eigenvalue weighted by Crippen LogP contribution is 2.20. The number of rotatable bonds is 5. The molecule has 1 aliphatic rings. The molecule has 1 aromatic heterocycles. The summed E-state index contributed by atoms with van der Waals surface area (Å²) in [5.41, 5.74) is 1.20. The maximum atomic E-state index is 12.5. The van der Waals surface area contributed by atoms with E-state index in [1.165, 1.54) is 11.6 Å². The van der Waals surface area contributed by atoms with Gasteiger partial charge in [-0.1, -0.05) is 23.7 Å². The number of hydrogen-bond acceptors (Lipinski definition) is 5. The standard InChI is InChI=1S/C22H21ClN2O4/c23-18-3-1-2-16(12-18)14-24-8-10-25(11-9-24)21(26)15-28-19-6-4-17-5-7-22(27)29-20(17)13-19/h1-7,12-13H,8-11,14-15H2. The zero-order chi connectivity index (χ0) is 20.2. The van der Waals surface area contributed by atoms with E-state index >= 15 is 0 Å². The molecule has 0 radical (unpaired) electrons. The number of hydrogen-bond donors (Lipinski definition) is 0. The van der Waals surface area contributed by atoms with Gasteiger partial charge in [-0.25, -0.2) is 4.79 Å². The summed E-state index contributed by atoms with van der Waals surface area (Å²) in [5.74, 6) is 0.446. The minimum absolute atomic E-state index is 0.0448. The van der Waals surface area contributed by atoms with E-state index in [-0.39, 0.29) is 12.5 Å². The Morgan fingerprint density at radius 2 is 1.83 bits per heavy atom. The Labute approximate surface area is 173 Å². The molecule has 0 N–H and O–H groups in total. The third-order valence-corrected chi connectivity index (χ3v) is 5.21. The molecule has 0 bridgehead atoms. The molecular formula is C22H21ClN2O4. The van der Waals surface area contributed by atoms with Crippen molar-refractivity contribution in [1.29, 1.82) is 0 Å². The lowest BCUT2D eigenvalue weighted by molar-refractivity contribution is -0.135. The topological polar surface area (TPSA) is 63.0 Å². The van der Waals surface area contributed by atoms with Gasteiger partial charge < -0.3 is 14.1 Å². The molecule has 2 aromatic carbocycles. The first kappa shape index (κ1) is 19.5. The maximum Gasteiger partial charge on any atom is 0.336 e. The second-order valence-electron chi connectivity index (χ2n) is 7.03. The van der Waals surface area contributed by atoms with Crippen molar-refractivity contribution in [2.45, 2.75) is 6.54 Å². The highest BCUT2D eigenvalue weighted by atomic mass is 35.5. The van der Waals surface area contributed by atoms with Gasteiger partial charge >= 0.3 is 5.63 Å². The van der Waals surface area contributed by atoms with Gasteiger partial charge in [0.05, 0.1) is 0 Å². The molecule has 29 heavy (non-hydrogen) atoms. The molecule has 0 spiro atoms. The minimum Gasteiger partial charge on any atom is -0.484 e. The molecule has 2 heterocycles. The van der Waals surface area contributed by atoms with Crippen LogP contribution in [0.1, 0.15) is 5.56 Å². The lowest BCUT2D eigenvalue weighted by atomic mass is 10.2. The van der Waals surface area contributed by atoms with Crippen molar-refractivity contribution in [3.8, 4) is 5.75 Å². The van der Waals surface area contributed by atoms with Crippen LogP contribution in [0.15, 0.2) is 63.8 Å². The molecule has 1 saturated heterocycles. The Balaban J connectivity index is 1.28. The predicted molar refractivity (Wildman–Crippen MR) is 111 cm³/mol. The van der Waals surface area contributed by atoms with Crippen LogP contribution in [0.3, 0.4) is 0 Å². The lowest BCUT2D eigenvalue weighted by Crippen LogP contribution is -2.49. The number of nitrogens with zero attached hydrogens (tertiary/aromatic N) is 2. The quantitative estimate of drug-likeness (QED) is 0.602. The molecule has 6 nitrogen and oxygen atoms in total. The number of halogens is 1. The highest BCUT2D eigenvalue weighted by Gasteiger charge is 2.21. The first-order valence-electron chi connectivity index (χ1n) is 9.48. The van der Waals surface area contributed by atoms with E-state index in [0.29, 0.717) is 24.4 Å². The van der Waals surface area contributed by atoms with Crippen molar-refractivity contribution in [3.05, 3.63) is 75.6 Å². The Morgan fingerprint density at radius 3 is 2.62 bits per heavy atom. The van der Waals surface area contributed by atoms with E-state index in [2.05, 4.69) is 11.0 Å². The fraction of sp³-hybridized carbons (Fsp3) is 0.273. The summed E-state index contributed by atoms with van der Waals surface area (Å²) in [6.45, 7) is 3.71. The van der Waals surface area contributed by atoms with E-state index < -0.39 is 5.63 Å². The molecule has 4 rings (SSSR count). The molecule has 1 amide bonds. The van der Waals surface area contributed by atoms with Crippen LogP contribution in [0.25, 0.3) is 11.0 Å². The zero-order valence-electron chi connectivity index (χ0n) is 15.8. The van der Waals surface area contributed by atoms with E-state index in [1.807, 2.05) is 23.1 Å². The highest BCUT2D eigenvalue weighted by molar-refractivity contribution is 6.30. The number of piperazine rings is 1. The second kappa shape index (κ2) is 8.68. The number of ether oxygens (including phenoxy) is 1. The summed E-state index contributed by atoms with van der Waals surface area (Å²) in [5, 5.41) is 1.54.